The van der Waals surface area contributed by atoms with Crippen molar-refractivity contribution >= 4 is 17.4 Å². The molecule has 1 aliphatic rings. The van der Waals surface area contributed by atoms with Crippen LogP contribution in [0.4, 0.5) is 5.69 Å². The molecular formula is C14H16N2O6. The lowest BCUT2D eigenvalue weighted by molar-refractivity contribution is -0.384. The first-order valence-electron chi connectivity index (χ1n) is 6.81. The van der Waals surface area contributed by atoms with Crippen LogP contribution in [-0.2, 0) is 19.1 Å². The van der Waals surface area contributed by atoms with Gasteiger partial charge in [0, 0.05) is 18.6 Å². The molecule has 0 aliphatic carbocycles. The van der Waals surface area contributed by atoms with Gasteiger partial charge >= 0.3 is 5.97 Å². The van der Waals surface area contributed by atoms with E-state index in [-0.39, 0.29) is 25.0 Å². The zero-order valence-corrected chi connectivity index (χ0v) is 12.1. The molecule has 0 saturated heterocycles. The van der Waals surface area contributed by atoms with Gasteiger partial charge in [0.2, 0.25) is 0 Å². The lowest BCUT2D eigenvalue weighted by Crippen LogP contribution is -2.20. The third kappa shape index (κ3) is 4.26. The zero-order chi connectivity index (χ0) is 15.9. The molecule has 8 heteroatoms. The first-order valence-corrected chi connectivity index (χ1v) is 6.81. The fraction of sp³-hybridized carbons (Fsp3) is 0.429. The number of carbonyl (C=O) groups is 1. The molecule has 22 heavy (non-hydrogen) atoms. The van der Waals surface area contributed by atoms with Crippen molar-refractivity contribution in [2.75, 3.05) is 19.8 Å². The van der Waals surface area contributed by atoms with E-state index in [2.05, 4.69) is 5.16 Å². The van der Waals surface area contributed by atoms with Gasteiger partial charge < -0.3 is 14.3 Å². The number of ether oxygens (including phenoxy) is 2. The normalized spacial score (nSPS) is 16.8. The topological polar surface area (TPSA) is 100 Å². The minimum absolute atomic E-state index is 0.0255. The monoisotopic (exact) mass is 308 g/mol. The van der Waals surface area contributed by atoms with Gasteiger partial charge in [0.05, 0.1) is 23.8 Å². The number of hydrogen-bond donors (Lipinski definition) is 0. The molecule has 1 unspecified atom stereocenters. The van der Waals surface area contributed by atoms with Crippen LogP contribution < -0.4 is 0 Å². The highest BCUT2D eigenvalue weighted by Gasteiger charge is 2.23. The third-order valence-electron chi connectivity index (χ3n) is 2.97. The summed E-state index contributed by atoms with van der Waals surface area (Å²) in [5.41, 5.74) is 1.48. The molecular weight excluding hydrogens is 292 g/mol. The Morgan fingerprint density at radius 3 is 2.82 bits per heavy atom. The van der Waals surface area contributed by atoms with Crippen LogP contribution in [0.5, 0.6) is 0 Å². The van der Waals surface area contributed by atoms with E-state index < -0.39 is 10.9 Å². The van der Waals surface area contributed by atoms with Gasteiger partial charge in [0.25, 0.3) is 5.69 Å². The summed E-state index contributed by atoms with van der Waals surface area (Å²) < 4.78 is 9.94. The van der Waals surface area contributed by atoms with Crippen molar-refractivity contribution in [3.63, 3.8) is 0 Å². The van der Waals surface area contributed by atoms with Crippen molar-refractivity contribution in [3.05, 3.63) is 39.9 Å². The molecule has 1 heterocycles. The Morgan fingerprint density at radius 2 is 2.18 bits per heavy atom. The number of nitro benzene ring substituents is 1. The van der Waals surface area contributed by atoms with Gasteiger partial charge in [-0.2, -0.15) is 0 Å². The van der Waals surface area contributed by atoms with Crippen molar-refractivity contribution < 1.29 is 24.0 Å². The van der Waals surface area contributed by atoms with Crippen LogP contribution in [0.1, 0.15) is 18.9 Å². The number of esters is 1. The van der Waals surface area contributed by atoms with Gasteiger partial charge in [-0.3, -0.25) is 10.1 Å². The molecule has 0 amide bonds. The molecule has 8 nitrogen and oxygen atoms in total. The van der Waals surface area contributed by atoms with Gasteiger partial charge in [-0.1, -0.05) is 5.16 Å². The van der Waals surface area contributed by atoms with Gasteiger partial charge in [-0.15, -0.1) is 0 Å². The molecule has 0 radical (unpaired) electrons. The van der Waals surface area contributed by atoms with Crippen LogP contribution in [0.15, 0.2) is 29.4 Å². The standard InChI is InChI=1S/C14H16N2O6/c1-2-21-14(17)9-20-8-12-7-13(15-22-12)10-3-5-11(6-4-10)16(18)19/h3-6,12H,2,7-9H2,1H3. The molecule has 0 N–H and O–H groups in total. The summed E-state index contributed by atoms with van der Waals surface area (Å²) in [6, 6.07) is 6.09. The first-order chi connectivity index (χ1) is 10.6. The number of oxime groups is 1. The number of nitrogens with zero attached hydrogens (tertiary/aromatic N) is 2. The average molecular weight is 308 g/mol. The molecule has 0 spiro atoms. The summed E-state index contributed by atoms with van der Waals surface area (Å²) in [5, 5.41) is 14.5. The predicted molar refractivity (Wildman–Crippen MR) is 76.6 cm³/mol. The van der Waals surface area contributed by atoms with Gasteiger partial charge in [0.1, 0.15) is 6.61 Å². The maximum atomic E-state index is 11.1. The second kappa shape index (κ2) is 7.51. The Kier molecular flexibility index (Phi) is 5.42. The van der Waals surface area contributed by atoms with Crippen LogP contribution in [0.3, 0.4) is 0 Å². The van der Waals surface area contributed by atoms with Crippen LogP contribution in [0.2, 0.25) is 0 Å². The van der Waals surface area contributed by atoms with E-state index in [0.29, 0.717) is 18.7 Å². The predicted octanol–water partition coefficient (Wildman–Crippen LogP) is 1.67. The van der Waals surface area contributed by atoms with E-state index in [1.54, 1.807) is 19.1 Å². The van der Waals surface area contributed by atoms with Crippen molar-refractivity contribution in [1.82, 2.24) is 0 Å². The minimum atomic E-state index is -0.456. The summed E-state index contributed by atoms with van der Waals surface area (Å²) >= 11 is 0. The summed E-state index contributed by atoms with van der Waals surface area (Å²) in [4.78, 5) is 26.5. The Balaban J connectivity index is 1.79. The molecule has 1 atom stereocenters. The van der Waals surface area contributed by atoms with Crippen LogP contribution in [0, 0.1) is 10.1 Å². The third-order valence-corrected chi connectivity index (χ3v) is 2.97. The Hall–Kier alpha value is -2.48. The highest BCUT2D eigenvalue weighted by atomic mass is 16.7. The number of carbonyl (C=O) groups excluding carboxylic acids is 1. The van der Waals surface area contributed by atoms with Crippen molar-refractivity contribution in [2.45, 2.75) is 19.4 Å². The Labute approximate surface area is 126 Å². The Bertz CT molecular complexity index is 569. The summed E-state index contributed by atoms with van der Waals surface area (Å²) in [7, 11) is 0. The van der Waals surface area contributed by atoms with Crippen LogP contribution in [-0.4, -0.2) is 42.5 Å². The highest BCUT2D eigenvalue weighted by Crippen LogP contribution is 2.19. The van der Waals surface area contributed by atoms with E-state index in [1.807, 2.05) is 0 Å². The quantitative estimate of drug-likeness (QED) is 0.431. The van der Waals surface area contributed by atoms with Crippen molar-refractivity contribution in [1.29, 1.82) is 0 Å². The average Bonchev–Trinajstić information content (AvgIpc) is 2.96. The molecule has 0 bridgehead atoms. The molecule has 0 fully saturated rings. The Morgan fingerprint density at radius 1 is 1.45 bits per heavy atom. The van der Waals surface area contributed by atoms with E-state index in [1.165, 1.54) is 12.1 Å². The second-order valence-electron chi connectivity index (χ2n) is 4.59. The van der Waals surface area contributed by atoms with Gasteiger partial charge in [-0.05, 0) is 24.6 Å². The van der Waals surface area contributed by atoms with E-state index in [0.717, 1.165) is 5.56 Å². The fourth-order valence-electron chi connectivity index (χ4n) is 1.94. The molecule has 118 valence electrons. The van der Waals surface area contributed by atoms with Crippen molar-refractivity contribution in [3.8, 4) is 0 Å². The molecule has 2 rings (SSSR count). The smallest absolute Gasteiger partial charge is 0.332 e. The SMILES string of the molecule is CCOC(=O)COCC1CC(c2ccc([N+](=O)[O-])cc2)=NO1. The molecule has 0 aromatic heterocycles. The summed E-state index contributed by atoms with van der Waals surface area (Å²) in [6.07, 6.45) is 0.236. The van der Waals surface area contributed by atoms with E-state index in [4.69, 9.17) is 14.3 Å². The number of rotatable bonds is 7. The minimum Gasteiger partial charge on any atom is -0.464 e. The number of hydrogen-bond acceptors (Lipinski definition) is 7. The second-order valence-corrected chi connectivity index (χ2v) is 4.59. The van der Waals surface area contributed by atoms with E-state index in [9.17, 15) is 14.9 Å². The summed E-state index contributed by atoms with van der Waals surface area (Å²) in [5.74, 6) is -0.419. The lowest BCUT2D eigenvalue weighted by atomic mass is 10.1. The first kappa shape index (κ1) is 15.9. The largest absolute Gasteiger partial charge is 0.464 e. The molecule has 1 aromatic rings. The van der Waals surface area contributed by atoms with E-state index >= 15 is 0 Å². The molecule has 1 aromatic carbocycles. The maximum Gasteiger partial charge on any atom is 0.332 e. The number of benzene rings is 1. The van der Waals surface area contributed by atoms with Crippen LogP contribution in [0.25, 0.3) is 0 Å². The lowest BCUT2D eigenvalue weighted by Gasteiger charge is -2.08. The van der Waals surface area contributed by atoms with Gasteiger partial charge in [-0.25, -0.2) is 4.79 Å². The molecule has 1 aliphatic heterocycles. The number of non-ortho nitro benzene ring substituents is 1. The maximum absolute atomic E-state index is 11.1. The highest BCUT2D eigenvalue weighted by molar-refractivity contribution is 6.01. The zero-order valence-electron chi connectivity index (χ0n) is 12.1. The number of nitro groups is 1. The summed E-state index contributed by atoms with van der Waals surface area (Å²) in [6.45, 7) is 2.14. The van der Waals surface area contributed by atoms with Gasteiger partial charge in [0.15, 0.2) is 6.10 Å². The molecule has 0 saturated carbocycles. The van der Waals surface area contributed by atoms with Crippen LogP contribution >= 0.6 is 0 Å². The van der Waals surface area contributed by atoms with Crippen molar-refractivity contribution in [2.24, 2.45) is 5.16 Å². The fourth-order valence-corrected chi connectivity index (χ4v) is 1.94.